The van der Waals surface area contributed by atoms with Crippen LogP contribution in [0.25, 0.3) is 0 Å². The molecule has 32 heavy (non-hydrogen) atoms. The van der Waals surface area contributed by atoms with Gasteiger partial charge in [0.1, 0.15) is 45.0 Å². The normalized spacial score (nSPS) is 11.2. The first kappa shape index (κ1) is 27.5. The second-order valence-corrected chi connectivity index (χ2v) is 9.72. The van der Waals surface area contributed by atoms with Gasteiger partial charge in [-0.3, -0.25) is 0 Å². The van der Waals surface area contributed by atoms with Crippen molar-refractivity contribution in [3.63, 3.8) is 0 Å². The van der Waals surface area contributed by atoms with E-state index in [4.69, 9.17) is 0 Å². The smallest absolute Gasteiger partial charge is 0.255 e. The zero-order valence-electron chi connectivity index (χ0n) is 19.1. The second-order valence-electron chi connectivity index (χ2n) is 6.96. The first-order valence-corrected chi connectivity index (χ1v) is 12.6. The summed E-state index contributed by atoms with van der Waals surface area (Å²) in [6, 6.07) is 3.08. The Labute approximate surface area is 189 Å². The molecule has 0 aliphatic rings. The molecule has 3 aromatic rings. The van der Waals surface area contributed by atoms with E-state index in [2.05, 4.69) is 85.1 Å². The topological polar surface area (TPSA) is 132 Å². The Balaban J connectivity index is 0.000000250. The molecule has 10 nitrogen and oxygen atoms in total. The summed E-state index contributed by atoms with van der Waals surface area (Å²) in [5, 5.41) is 0. The van der Waals surface area contributed by atoms with E-state index in [9.17, 15) is 25.9 Å². The summed E-state index contributed by atoms with van der Waals surface area (Å²) in [5.74, 6) is 2.71. The average molecular weight is 487 g/mol. The van der Waals surface area contributed by atoms with Crippen LogP contribution in [0, 0.1) is 0 Å². The summed E-state index contributed by atoms with van der Waals surface area (Å²) in [6.45, 7) is 4.32. The third-order valence-corrected chi connectivity index (χ3v) is 6.39. The maximum absolute atomic E-state index is 10.4. The van der Waals surface area contributed by atoms with Crippen molar-refractivity contribution in [1.29, 1.82) is 0 Å². The van der Waals surface area contributed by atoms with Crippen LogP contribution in [0.2, 0.25) is 0 Å². The van der Waals surface area contributed by atoms with E-state index in [1.807, 2.05) is 0 Å². The number of benzene rings is 1. The first-order valence-electron chi connectivity index (χ1n) is 9.73. The molecule has 1 aromatic carbocycles. The van der Waals surface area contributed by atoms with Gasteiger partial charge in [-0.2, -0.15) is 0 Å². The van der Waals surface area contributed by atoms with Crippen LogP contribution in [0.3, 0.4) is 0 Å². The van der Waals surface area contributed by atoms with Gasteiger partial charge in [0.25, 0.3) is 11.6 Å². The van der Waals surface area contributed by atoms with E-state index in [0.717, 1.165) is 37.1 Å². The summed E-state index contributed by atoms with van der Waals surface area (Å²) in [4.78, 5) is -1.16. The van der Waals surface area contributed by atoms with E-state index in [-0.39, 0.29) is 0 Å². The van der Waals surface area contributed by atoms with Crippen LogP contribution < -0.4 is 9.13 Å². The highest BCUT2D eigenvalue weighted by Gasteiger charge is 2.07. The Hall–Kier alpha value is -2.54. The van der Waals surface area contributed by atoms with Crippen LogP contribution >= 0.6 is 0 Å². The first-order chi connectivity index (χ1) is 14.7. The Morgan fingerprint density at radius 2 is 1.00 bits per heavy atom. The molecule has 2 aromatic heterocycles. The van der Waals surface area contributed by atoms with Crippen molar-refractivity contribution in [2.24, 2.45) is 28.2 Å². The molecule has 0 spiro atoms. The van der Waals surface area contributed by atoms with Gasteiger partial charge >= 0.3 is 0 Å². The summed E-state index contributed by atoms with van der Waals surface area (Å²) >= 11 is 0. The SMILES string of the molecule is CCc1n(C)cc[n+]1C.CCc1n(C)cc[n+]1C.O=S(=O)([O-])c1ccc(S(=O)(=O)[O-])cc1. The standard InChI is InChI=1S/2C7H13N2.C6H6O6S2/c2*1-4-7-8(2)5-6-9(7)3;7-13(8,9)5-1-2-6(4-3-5)14(10,11)12/h2*5-6H,4H2,1-3H3;1-4H,(H,7,8,9)(H,10,11,12)/q2*+1;/p-2. The van der Waals surface area contributed by atoms with Gasteiger partial charge in [-0.25, -0.2) is 35.1 Å². The fourth-order valence-corrected chi connectivity index (χ4v) is 3.95. The van der Waals surface area contributed by atoms with Gasteiger partial charge in [-0.15, -0.1) is 0 Å². The van der Waals surface area contributed by atoms with Crippen LogP contribution in [0.1, 0.15) is 25.5 Å². The van der Waals surface area contributed by atoms with Gasteiger partial charge in [0.2, 0.25) is 0 Å². The van der Waals surface area contributed by atoms with Gasteiger partial charge in [-0.05, 0) is 24.3 Å². The minimum absolute atomic E-state index is 0.579. The van der Waals surface area contributed by atoms with Crippen molar-refractivity contribution in [3.8, 4) is 0 Å². The molecule has 178 valence electrons. The number of aromatic nitrogens is 4. The van der Waals surface area contributed by atoms with E-state index in [1.165, 1.54) is 11.6 Å². The minimum atomic E-state index is -4.61. The number of nitrogens with zero attached hydrogens (tertiary/aromatic N) is 4. The second kappa shape index (κ2) is 11.4. The van der Waals surface area contributed by atoms with E-state index >= 15 is 0 Å². The molecule has 0 atom stereocenters. The molecular formula is C20H30N4O6S2. The molecule has 0 saturated heterocycles. The Morgan fingerprint density at radius 1 is 0.719 bits per heavy atom. The maximum Gasteiger partial charge on any atom is 0.255 e. The number of rotatable bonds is 4. The van der Waals surface area contributed by atoms with Crippen LogP contribution in [-0.2, 0) is 61.3 Å². The highest BCUT2D eigenvalue weighted by Crippen LogP contribution is 2.13. The molecule has 12 heteroatoms. The zero-order chi connectivity index (χ0) is 24.7. The van der Waals surface area contributed by atoms with E-state index in [1.54, 1.807) is 0 Å². The fraction of sp³-hybridized carbons (Fsp3) is 0.400. The van der Waals surface area contributed by atoms with Gasteiger partial charge in [0.15, 0.2) is 0 Å². The largest absolute Gasteiger partial charge is 0.744 e. The number of hydrogen-bond acceptors (Lipinski definition) is 6. The maximum atomic E-state index is 10.4. The lowest BCUT2D eigenvalue weighted by Crippen LogP contribution is -2.31. The van der Waals surface area contributed by atoms with Crippen LogP contribution in [0.4, 0.5) is 0 Å². The van der Waals surface area contributed by atoms with Crippen LogP contribution in [0.5, 0.6) is 0 Å². The van der Waals surface area contributed by atoms with Gasteiger partial charge < -0.3 is 9.11 Å². The lowest BCUT2D eigenvalue weighted by molar-refractivity contribution is -0.678. The zero-order valence-corrected chi connectivity index (χ0v) is 20.7. The van der Waals surface area contributed by atoms with Crippen LogP contribution in [-0.4, -0.2) is 35.1 Å². The minimum Gasteiger partial charge on any atom is -0.744 e. The predicted octanol–water partition coefficient (Wildman–Crippen LogP) is 0.319. The molecule has 0 unspecified atom stereocenters. The highest BCUT2D eigenvalue weighted by molar-refractivity contribution is 7.86. The highest BCUT2D eigenvalue weighted by atomic mass is 32.2. The third-order valence-electron chi connectivity index (χ3n) is 4.69. The molecule has 0 fully saturated rings. The average Bonchev–Trinajstić information content (AvgIpc) is 3.21. The molecule has 0 radical (unpaired) electrons. The molecule has 0 amide bonds. The van der Waals surface area contributed by atoms with Crippen LogP contribution in [0.15, 0.2) is 58.8 Å². The molecular weight excluding hydrogens is 456 g/mol. The predicted molar refractivity (Wildman–Crippen MR) is 114 cm³/mol. The van der Waals surface area contributed by atoms with Crippen molar-refractivity contribution in [2.45, 2.75) is 36.5 Å². The molecule has 0 saturated carbocycles. The lowest BCUT2D eigenvalue weighted by atomic mass is 10.4. The van der Waals surface area contributed by atoms with E-state index < -0.39 is 30.0 Å². The van der Waals surface area contributed by atoms with E-state index in [0.29, 0.717) is 0 Å². The quantitative estimate of drug-likeness (QED) is 0.385. The summed E-state index contributed by atoms with van der Waals surface area (Å²) in [5.41, 5.74) is 0. The van der Waals surface area contributed by atoms with Gasteiger partial charge in [-0.1, -0.05) is 13.8 Å². The molecule has 0 N–H and O–H groups in total. The Kier molecular flexibility index (Phi) is 9.76. The monoisotopic (exact) mass is 486 g/mol. The summed E-state index contributed by atoms with van der Waals surface area (Å²) in [7, 11) is -0.951. The third kappa shape index (κ3) is 7.86. The Bertz CT molecular complexity index is 1090. The molecule has 0 aliphatic carbocycles. The number of imidazole rings is 2. The summed E-state index contributed by atoms with van der Waals surface area (Å²) in [6.07, 6.45) is 10.5. The van der Waals surface area contributed by atoms with Gasteiger partial charge in [0.05, 0.1) is 38.0 Å². The fourth-order valence-electron chi connectivity index (χ4n) is 3.01. The van der Waals surface area contributed by atoms with Crippen molar-refractivity contribution in [1.82, 2.24) is 9.13 Å². The molecule has 3 rings (SSSR count). The van der Waals surface area contributed by atoms with Crippen molar-refractivity contribution >= 4 is 20.2 Å². The Morgan fingerprint density at radius 3 is 1.12 bits per heavy atom. The van der Waals surface area contributed by atoms with Crippen molar-refractivity contribution < 1.29 is 35.1 Å². The lowest BCUT2D eigenvalue weighted by Gasteiger charge is -2.09. The van der Waals surface area contributed by atoms with Crippen molar-refractivity contribution in [2.75, 3.05) is 0 Å². The molecule has 0 bridgehead atoms. The van der Waals surface area contributed by atoms with Gasteiger partial charge in [0, 0.05) is 12.8 Å². The van der Waals surface area contributed by atoms with Crippen molar-refractivity contribution in [3.05, 3.63) is 60.7 Å². The molecule has 0 aliphatic heterocycles. The molecule has 2 heterocycles. The summed E-state index contributed by atoms with van der Waals surface area (Å²) < 4.78 is 71.0. The number of aryl methyl sites for hydroxylation is 4. The number of hydrogen-bond donors (Lipinski definition) is 0.